The highest BCUT2D eigenvalue weighted by Gasteiger charge is 2.36. The molecular formula is C15H23ClN4O2. The summed E-state index contributed by atoms with van der Waals surface area (Å²) in [5.74, 6) is 0.387. The van der Waals surface area contributed by atoms with Gasteiger partial charge in [0, 0.05) is 43.5 Å². The Morgan fingerprint density at radius 1 is 1.32 bits per heavy atom. The highest BCUT2D eigenvalue weighted by atomic mass is 35.5. The van der Waals surface area contributed by atoms with Gasteiger partial charge in [0.25, 0.3) is 0 Å². The molecule has 1 aromatic heterocycles. The van der Waals surface area contributed by atoms with Gasteiger partial charge in [-0.05, 0) is 32.4 Å². The Kier molecular flexibility index (Phi) is 6.11. The van der Waals surface area contributed by atoms with Crippen LogP contribution in [-0.2, 0) is 11.2 Å². The number of hydrogen-bond donors (Lipinski definition) is 2. The lowest BCUT2D eigenvalue weighted by Gasteiger charge is -2.26. The molecule has 1 aromatic rings. The number of carbonyl (C=O) groups excluding carboxylic acids is 1. The number of nitrogens with one attached hydrogen (secondary N) is 1. The number of nitrogens with zero attached hydrogens (tertiary/aromatic N) is 3. The lowest BCUT2D eigenvalue weighted by Crippen LogP contribution is -2.40. The van der Waals surface area contributed by atoms with Gasteiger partial charge in [0.2, 0.25) is 5.91 Å². The summed E-state index contributed by atoms with van der Waals surface area (Å²) in [7, 11) is 0. The lowest BCUT2D eigenvalue weighted by molar-refractivity contribution is -0.135. The highest BCUT2D eigenvalue weighted by Crippen LogP contribution is 2.24. The molecule has 3 rings (SSSR count). The van der Waals surface area contributed by atoms with Crippen molar-refractivity contribution in [2.45, 2.75) is 25.4 Å². The molecule has 122 valence electrons. The van der Waals surface area contributed by atoms with Crippen molar-refractivity contribution in [3.63, 3.8) is 0 Å². The number of β-amino-alcohol motifs (C(OH)–C–C–N with tert-alkyl or cyclic N) is 1. The molecule has 22 heavy (non-hydrogen) atoms. The number of rotatable bonds is 3. The number of hydrogen-bond acceptors (Lipinski definition) is 5. The predicted molar refractivity (Wildman–Crippen MR) is 84.7 cm³/mol. The summed E-state index contributed by atoms with van der Waals surface area (Å²) in [4.78, 5) is 22.6. The SMILES string of the molecule is Cl.O=C(C1CCNCC1)N1C[C@@H](Cc2cnccn2)[C@H](O)C1. The molecule has 2 N–H and O–H groups in total. The second kappa shape index (κ2) is 7.85. The van der Waals surface area contributed by atoms with Gasteiger partial charge in [-0.25, -0.2) is 0 Å². The molecule has 2 aliphatic rings. The minimum atomic E-state index is -0.460. The van der Waals surface area contributed by atoms with Gasteiger partial charge in [-0.1, -0.05) is 0 Å². The van der Waals surface area contributed by atoms with Crippen LogP contribution in [-0.4, -0.2) is 58.2 Å². The van der Waals surface area contributed by atoms with E-state index >= 15 is 0 Å². The molecule has 0 aliphatic carbocycles. The third-order valence-electron chi connectivity index (χ3n) is 4.49. The first-order valence-corrected chi connectivity index (χ1v) is 7.66. The smallest absolute Gasteiger partial charge is 0.225 e. The number of aliphatic hydroxyl groups is 1. The highest BCUT2D eigenvalue weighted by molar-refractivity contribution is 5.85. The Hall–Kier alpha value is -1.24. The number of aromatic nitrogens is 2. The molecule has 2 atom stereocenters. The zero-order valence-electron chi connectivity index (χ0n) is 12.5. The standard InChI is InChI=1S/C15H22N4O2.ClH/c20-14-10-19(15(21)11-1-3-16-4-2-11)9-12(14)7-13-8-17-5-6-18-13;/h5-6,8,11-12,14,16,20H,1-4,7,9-10H2;1H/t12-,14-;/m1./s1. The second-order valence-corrected chi connectivity index (χ2v) is 6.00. The van der Waals surface area contributed by atoms with Crippen LogP contribution in [0.2, 0.25) is 0 Å². The van der Waals surface area contributed by atoms with Crippen LogP contribution in [0.3, 0.4) is 0 Å². The van der Waals surface area contributed by atoms with Gasteiger partial charge < -0.3 is 15.3 Å². The molecule has 0 bridgehead atoms. The van der Waals surface area contributed by atoms with Crippen LogP contribution in [0.5, 0.6) is 0 Å². The first kappa shape index (κ1) is 17.1. The minimum absolute atomic E-state index is 0. The Morgan fingerprint density at radius 3 is 2.77 bits per heavy atom. The molecule has 6 nitrogen and oxygen atoms in total. The number of aliphatic hydroxyl groups excluding tert-OH is 1. The molecule has 0 spiro atoms. The van der Waals surface area contributed by atoms with Gasteiger partial charge in [-0.3, -0.25) is 14.8 Å². The van der Waals surface area contributed by atoms with E-state index in [1.807, 2.05) is 4.90 Å². The Bertz CT molecular complexity index is 482. The largest absolute Gasteiger partial charge is 0.391 e. The monoisotopic (exact) mass is 326 g/mol. The topological polar surface area (TPSA) is 78.4 Å². The number of amides is 1. The molecule has 0 aromatic carbocycles. The van der Waals surface area contributed by atoms with Crippen molar-refractivity contribution < 1.29 is 9.90 Å². The van der Waals surface area contributed by atoms with Gasteiger partial charge >= 0.3 is 0 Å². The summed E-state index contributed by atoms with van der Waals surface area (Å²) in [5.41, 5.74) is 0.873. The third-order valence-corrected chi connectivity index (χ3v) is 4.49. The van der Waals surface area contributed by atoms with E-state index in [1.165, 1.54) is 0 Å². The molecule has 0 saturated carbocycles. The molecule has 2 saturated heterocycles. The minimum Gasteiger partial charge on any atom is -0.391 e. The Balaban J connectivity index is 0.00000176. The van der Waals surface area contributed by atoms with E-state index in [0.717, 1.165) is 31.6 Å². The second-order valence-electron chi connectivity index (χ2n) is 6.00. The first-order valence-electron chi connectivity index (χ1n) is 7.66. The van der Waals surface area contributed by atoms with E-state index in [2.05, 4.69) is 15.3 Å². The van der Waals surface area contributed by atoms with Gasteiger partial charge in [-0.2, -0.15) is 0 Å². The summed E-state index contributed by atoms with van der Waals surface area (Å²) < 4.78 is 0. The van der Waals surface area contributed by atoms with E-state index < -0.39 is 6.10 Å². The predicted octanol–water partition coefficient (Wildman–Crippen LogP) is 0.260. The summed E-state index contributed by atoms with van der Waals surface area (Å²) in [6.07, 6.45) is 7.05. The fraction of sp³-hybridized carbons (Fsp3) is 0.667. The fourth-order valence-corrected chi connectivity index (χ4v) is 3.27. The Labute approximate surface area is 136 Å². The number of carbonyl (C=O) groups is 1. The van der Waals surface area contributed by atoms with Crippen LogP contribution in [0.25, 0.3) is 0 Å². The van der Waals surface area contributed by atoms with Crippen LogP contribution in [0, 0.1) is 11.8 Å². The van der Waals surface area contributed by atoms with Crippen molar-refractivity contribution in [2.24, 2.45) is 11.8 Å². The molecule has 2 fully saturated rings. The summed E-state index contributed by atoms with van der Waals surface area (Å²) in [6.45, 7) is 2.90. The summed E-state index contributed by atoms with van der Waals surface area (Å²) in [5, 5.41) is 13.5. The maximum absolute atomic E-state index is 12.5. The molecule has 2 aliphatic heterocycles. The van der Waals surface area contributed by atoms with Crippen molar-refractivity contribution >= 4 is 18.3 Å². The normalized spacial score (nSPS) is 25.8. The molecule has 0 radical (unpaired) electrons. The zero-order valence-corrected chi connectivity index (χ0v) is 13.3. The van der Waals surface area contributed by atoms with Crippen molar-refractivity contribution in [3.05, 3.63) is 24.3 Å². The van der Waals surface area contributed by atoms with Crippen LogP contribution < -0.4 is 5.32 Å². The summed E-state index contributed by atoms with van der Waals surface area (Å²) >= 11 is 0. The Morgan fingerprint density at radius 2 is 2.09 bits per heavy atom. The van der Waals surface area contributed by atoms with E-state index in [4.69, 9.17) is 0 Å². The van der Waals surface area contributed by atoms with Gasteiger partial charge in [0.05, 0.1) is 11.8 Å². The quantitative estimate of drug-likeness (QED) is 0.833. The first-order chi connectivity index (χ1) is 10.2. The van der Waals surface area contributed by atoms with Gasteiger partial charge in [0.15, 0.2) is 0 Å². The van der Waals surface area contributed by atoms with Crippen LogP contribution in [0.1, 0.15) is 18.5 Å². The third kappa shape index (κ3) is 3.94. The molecule has 1 amide bonds. The van der Waals surface area contributed by atoms with Crippen molar-refractivity contribution in [1.82, 2.24) is 20.2 Å². The number of halogens is 1. The van der Waals surface area contributed by atoms with E-state index in [0.29, 0.717) is 19.5 Å². The molecule has 3 heterocycles. The molecule has 7 heteroatoms. The molecule has 0 unspecified atom stereocenters. The average molecular weight is 327 g/mol. The van der Waals surface area contributed by atoms with Crippen LogP contribution in [0.15, 0.2) is 18.6 Å². The van der Waals surface area contributed by atoms with Gasteiger partial charge in [0.1, 0.15) is 0 Å². The van der Waals surface area contributed by atoms with Crippen molar-refractivity contribution in [2.75, 3.05) is 26.2 Å². The molecular weight excluding hydrogens is 304 g/mol. The van der Waals surface area contributed by atoms with Gasteiger partial charge in [-0.15, -0.1) is 12.4 Å². The van der Waals surface area contributed by atoms with Crippen molar-refractivity contribution in [1.29, 1.82) is 0 Å². The van der Waals surface area contributed by atoms with Crippen molar-refractivity contribution in [3.8, 4) is 0 Å². The van der Waals surface area contributed by atoms with E-state index in [-0.39, 0.29) is 30.2 Å². The average Bonchev–Trinajstić information content (AvgIpc) is 2.89. The lowest BCUT2D eigenvalue weighted by atomic mass is 9.96. The maximum Gasteiger partial charge on any atom is 0.225 e. The fourth-order valence-electron chi connectivity index (χ4n) is 3.27. The van der Waals surface area contributed by atoms with Crippen LogP contribution >= 0.6 is 12.4 Å². The summed E-state index contributed by atoms with van der Waals surface area (Å²) in [6, 6.07) is 0. The zero-order chi connectivity index (χ0) is 14.7. The van der Waals surface area contributed by atoms with Crippen LogP contribution in [0.4, 0.5) is 0 Å². The maximum atomic E-state index is 12.5. The van der Waals surface area contributed by atoms with E-state index in [9.17, 15) is 9.90 Å². The van der Waals surface area contributed by atoms with E-state index in [1.54, 1.807) is 18.6 Å². The number of piperidine rings is 1. The number of likely N-dealkylation sites (tertiary alicyclic amines) is 1.